The van der Waals surface area contributed by atoms with Crippen molar-refractivity contribution in [1.29, 1.82) is 0 Å². The van der Waals surface area contributed by atoms with E-state index in [9.17, 15) is 18.8 Å². The molecule has 3 aromatic rings. The van der Waals surface area contributed by atoms with Crippen LogP contribution < -0.4 is 15.4 Å². The minimum Gasteiger partial charge on any atom is -0.497 e. The lowest BCUT2D eigenvalue weighted by Gasteiger charge is -2.44. The summed E-state index contributed by atoms with van der Waals surface area (Å²) in [6.07, 6.45) is 0.0454. The maximum atomic E-state index is 15.4. The molecule has 42 heavy (non-hydrogen) atoms. The third kappa shape index (κ3) is 4.78. The van der Waals surface area contributed by atoms with Crippen LogP contribution in [0.5, 0.6) is 5.75 Å². The van der Waals surface area contributed by atoms with E-state index in [2.05, 4.69) is 0 Å². The zero-order valence-corrected chi connectivity index (χ0v) is 23.1. The first kappa shape index (κ1) is 28.5. The molecule has 3 atom stereocenters. The van der Waals surface area contributed by atoms with Crippen LogP contribution in [0.15, 0.2) is 95.5 Å². The lowest BCUT2D eigenvalue weighted by atomic mass is 9.67. The first-order valence-electron chi connectivity index (χ1n) is 13.1. The average molecular weight is 575 g/mol. The van der Waals surface area contributed by atoms with Crippen LogP contribution in [0.3, 0.4) is 0 Å². The molecule has 0 saturated carbocycles. The number of nitrogens with zero attached hydrogens (tertiary/aromatic N) is 1. The van der Waals surface area contributed by atoms with Gasteiger partial charge in [-0.25, -0.2) is 13.6 Å². The van der Waals surface area contributed by atoms with Crippen LogP contribution in [0, 0.1) is 17.6 Å². The summed E-state index contributed by atoms with van der Waals surface area (Å²) in [7, 11) is 3.83. The number of esters is 2. The number of carbonyl (C=O) groups excluding carboxylic acids is 3. The second-order valence-electron chi connectivity index (χ2n) is 9.87. The molecule has 5 rings (SSSR count). The third-order valence-corrected chi connectivity index (χ3v) is 7.73. The van der Waals surface area contributed by atoms with E-state index in [0.717, 1.165) is 7.11 Å². The lowest BCUT2D eigenvalue weighted by Crippen LogP contribution is -2.46. The third-order valence-electron chi connectivity index (χ3n) is 7.73. The van der Waals surface area contributed by atoms with Crippen molar-refractivity contribution in [3.05, 3.63) is 118 Å². The highest BCUT2D eigenvalue weighted by Gasteiger charge is 2.51. The van der Waals surface area contributed by atoms with Gasteiger partial charge in [0.05, 0.1) is 38.5 Å². The van der Waals surface area contributed by atoms with Crippen molar-refractivity contribution in [3.63, 3.8) is 0 Å². The Labute approximate surface area is 241 Å². The van der Waals surface area contributed by atoms with Crippen LogP contribution in [-0.2, 0) is 23.9 Å². The number of nitrogens with two attached hydrogens (primary N) is 1. The summed E-state index contributed by atoms with van der Waals surface area (Å²) < 4.78 is 45.3. The molecule has 1 heterocycles. The number of Topliss-reactive ketones (excluding diaryl/α,β-unsaturated/α-hetero) is 1. The van der Waals surface area contributed by atoms with Gasteiger partial charge in [0, 0.05) is 22.8 Å². The summed E-state index contributed by atoms with van der Waals surface area (Å²) in [5.41, 5.74) is 7.57. The van der Waals surface area contributed by atoms with Gasteiger partial charge in [0.2, 0.25) is 0 Å². The number of halogens is 2. The van der Waals surface area contributed by atoms with E-state index in [-0.39, 0.29) is 34.6 Å². The van der Waals surface area contributed by atoms with Gasteiger partial charge >= 0.3 is 11.9 Å². The van der Waals surface area contributed by atoms with Crippen LogP contribution >= 0.6 is 0 Å². The van der Waals surface area contributed by atoms with E-state index < -0.39 is 47.1 Å². The Balaban J connectivity index is 1.83. The molecule has 1 aliphatic carbocycles. The molecule has 10 heteroatoms. The minimum atomic E-state index is -1.33. The van der Waals surface area contributed by atoms with Crippen LogP contribution in [0.1, 0.15) is 29.4 Å². The summed E-state index contributed by atoms with van der Waals surface area (Å²) in [6.45, 7) is 0. The second kappa shape index (κ2) is 11.5. The number of ether oxygens (including phenoxy) is 3. The van der Waals surface area contributed by atoms with Gasteiger partial charge in [-0.1, -0.05) is 36.4 Å². The van der Waals surface area contributed by atoms with Crippen molar-refractivity contribution in [3.8, 4) is 5.75 Å². The van der Waals surface area contributed by atoms with Gasteiger partial charge in [0.15, 0.2) is 5.78 Å². The van der Waals surface area contributed by atoms with E-state index >= 15 is 4.39 Å². The first-order chi connectivity index (χ1) is 20.2. The smallest absolute Gasteiger partial charge is 0.338 e. The maximum Gasteiger partial charge on any atom is 0.338 e. The predicted molar refractivity (Wildman–Crippen MR) is 149 cm³/mol. The molecule has 0 saturated heterocycles. The number of anilines is 1. The normalized spacial score (nSPS) is 20.3. The highest BCUT2D eigenvalue weighted by molar-refractivity contribution is 6.14. The van der Waals surface area contributed by atoms with E-state index in [4.69, 9.17) is 19.9 Å². The topological polar surface area (TPSA) is 108 Å². The van der Waals surface area contributed by atoms with E-state index in [0.29, 0.717) is 17.0 Å². The Hall–Kier alpha value is -4.99. The molecule has 216 valence electrons. The number of allylic oxidation sites excluding steroid dienone is 2. The number of rotatable bonds is 6. The van der Waals surface area contributed by atoms with Crippen LogP contribution in [0.4, 0.5) is 14.5 Å². The summed E-state index contributed by atoms with van der Waals surface area (Å²) in [5.74, 6) is -6.61. The Bertz CT molecular complexity index is 1630. The summed E-state index contributed by atoms with van der Waals surface area (Å²) >= 11 is 0. The van der Waals surface area contributed by atoms with Crippen molar-refractivity contribution < 1.29 is 37.4 Å². The van der Waals surface area contributed by atoms with Crippen molar-refractivity contribution in [2.24, 2.45) is 11.7 Å². The first-order valence-corrected chi connectivity index (χ1v) is 13.1. The Morgan fingerprint density at radius 3 is 2.26 bits per heavy atom. The Morgan fingerprint density at radius 1 is 0.929 bits per heavy atom. The summed E-state index contributed by atoms with van der Waals surface area (Å²) in [6, 6.07) is 18.0. The molecule has 0 fully saturated rings. The van der Waals surface area contributed by atoms with Crippen molar-refractivity contribution in [2.75, 3.05) is 26.2 Å². The van der Waals surface area contributed by atoms with Gasteiger partial charge in [-0.05, 0) is 48.4 Å². The van der Waals surface area contributed by atoms with E-state index in [1.807, 2.05) is 0 Å². The SMILES string of the molecule is COC(=O)C1=C(N)N(c2cccc(F)c2)C2=C(C(=O)[C@H](C(=O)OC)[C@@H](c3ccc(OC)cc3)C2)[C@H]1c1ccccc1F. The molecule has 0 bridgehead atoms. The average Bonchev–Trinajstić information content (AvgIpc) is 3.00. The van der Waals surface area contributed by atoms with Gasteiger partial charge in [-0.3, -0.25) is 14.5 Å². The van der Waals surface area contributed by atoms with Gasteiger partial charge in [0.1, 0.15) is 29.1 Å². The lowest BCUT2D eigenvalue weighted by molar-refractivity contribution is -0.150. The zero-order valence-electron chi connectivity index (χ0n) is 23.1. The molecule has 0 amide bonds. The zero-order chi connectivity index (χ0) is 30.1. The molecule has 2 aliphatic rings. The van der Waals surface area contributed by atoms with E-state index in [1.165, 1.54) is 55.5 Å². The second-order valence-corrected chi connectivity index (χ2v) is 9.87. The Kier molecular flexibility index (Phi) is 7.80. The molecule has 0 aromatic heterocycles. The van der Waals surface area contributed by atoms with Gasteiger partial charge in [0.25, 0.3) is 0 Å². The maximum absolute atomic E-state index is 15.4. The molecular formula is C32H28F2N2O6. The van der Waals surface area contributed by atoms with Gasteiger partial charge < -0.3 is 19.9 Å². The number of benzene rings is 3. The molecule has 0 radical (unpaired) electrons. The monoisotopic (exact) mass is 574 g/mol. The Morgan fingerprint density at radius 2 is 1.64 bits per heavy atom. The number of carbonyl (C=O) groups is 3. The molecule has 3 aromatic carbocycles. The molecule has 0 spiro atoms. The van der Waals surface area contributed by atoms with Crippen LogP contribution in [-0.4, -0.2) is 39.1 Å². The molecule has 0 unspecified atom stereocenters. The highest BCUT2D eigenvalue weighted by Crippen LogP contribution is 2.52. The molecule has 1 aliphatic heterocycles. The number of hydrogen-bond acceptors (Lipinski definition) is 8. The quantitative estimate of drug-likeness (QED) is 0.333. The van der Waals surface area contributed by atoms with Crippen molar-refractivity contribution in [2.45, 2.75) is 18.3 Å². The van der Waals surface area contributed by atoms with Gasteiger partial charge in [-0.2, -0.15) is 0 Å². The van der Waals surface area contributed by atoms with Gasteiger partial charge in [-0.15, -0.1) is 0 Å². The molecular weight excluding hydrogens is 546 g/mol. The number of methoxy groups -OCH3 is 3. The number of hydrogen-bond donors (Lipinski definition) is 1. The highest BCUT2D eigenvalue weighted by atomic mass is 19.1. The van der Waals surface area contributed by atoms with E-state index in [1.54, 1.807) is 36.4 Å². The molecule has 8 nitrogen and oxygen atoms in total. The summed E-state index contributed by atoms with van der Waals surface area (Å²) in [4.78, 5) is 42.5. The van der Waals surface area contributed by atoms with Crippen molar-refractivity contribution >= 4 is 23.4 Å². The fourth-order valence-electron chi connectivity index (χ4n) is 5.83. The fraction of sp³-hybridized carbons (Fsp3) is 0.219. The standard InChI is InChI=1S/C32H28F2N2O6/c1-40-20-13-11-17(12-14-20)22-16-24-27(29(37)26(22)31(38)41-2)25(21-9-4-5-10-23(21)34)28(32(39)42-3)30(35)36(24)19-8-6-7-18(33)15-19/h4-15,22,25-26H,16,35H2,1-3H3/t22-,25-,26-/m1/s1. The summed E-state index contributed by atoms with van der Waals surface area (Å²) in [5, 5.41) is 0. The largest absolute Gasteiger partial charge is 0.497 e. The van der Waals surface area contributed by atoms with Crippen LogP contribution in [0.2, 0.25) is 0 Å². The van der Waals surface area contributed by atoms with Crippen LogP contribution in [0.25, 0.3) is 0 Å². The minimum absolute atomic E-state index is 0.00731. The predicted octanol–water partition coefficient (Wildman–Crippen LogP) is 4.72. The number of ketones is 1. The fourth-order valence-corrected chi connectivity index (χ4v) is 5.83. The molecule has 2 N–H and O–H groups in total. The van der Waals surface area contributed by atoms with Crippen molar-refractivity contribution in [1.82, 2.24) is 0 Å².